The first-order valence-corrected chi connectivity index (χ1v) is 7.84. The van der Waals surface area contributed by atoms with E-state index >= 15 is 0 Å². The molecule has 0 bridgehead atoms. The van der Waals surface area contributed by atoms with Crippen molar-refractivity contribution in [3.05, 3.63) is 34.3 Å². The van der Waals surface area contributed by atoms with Gasteiger partial charge in [0.15, 0.2) is 0 Å². The van der Waals surface area contributed by atoms with Crippen LogP contribution in [0, 0.1) is 0 Å². The maximum atomic E-state index is 6.01. The fourth-order valence-electron chi connectivity index (χ4n) is 2.76. The molecule has 104 valence electrons. The number of nitrogens with zero attached hydrogens (tertiary/aromatic N) is 1. The van der Waals surface area contributed by atoms with Crippen molar-refractivity contribution >= 4 is 15.9 Å². The smallest absolute Gasteiger partial charge is 0.0896 e. The number of morpholine rings is 1. The molecule has 1 aromatic carbocycles. The van der Waals surface area contributed by atoms with Gasteiger partial charge in [-0.3, -0.25) is 4.90 Å². The zero-order valence-corrected chi connectivity index (χ0v) is 12.9. The number of ether oxygens (including phenoxy) is 1. The average molecular weight is 325 g/mol. The average Bonchev–Trinajstić information content (AvgIpc) is 3.20. The maximum Gasteiger partial charge on any atom is 0.0896 e. The summed E-state index contributed by atoms with van der Waals surface area (Å²) < 4.78 is 7.15. The van der Waals surface area contributed by atoms with Crippen molar-refractivity contribution in [2.24, 2.45) is 0 Å². The van der Waals surface area contributed by atoms with E-state index < -0.39 is 0 Å². The number of halogens is 1. The molecule has 2 unspecified atom stereocenters. The van der Waals surface area contributed by atoms with Gasteiger partial charge in [-0.2, -0.15) is 0 Å². The lowest BCUT2D eigenvalue weighted by molar-refractivity contribution is -0.0615. The molecule has 0 aromatic heterocycles. The maximum absolute atomic E-state index is 6.01. The van der Waals surface area contributed by atoms with E-state index in [1.165, 1.54) is 18.4 Å². The summed E-state index contributed by atoms with van der Waals surface area (Å²) in [4.78, 5) is 2.41. The lowest BCUT2D eigenvalue weighted by Gasteiger charge is -2.39. The highest BCUT2D eigenvalue weighted by atomic mass is 79.9. The summed E-state index contributed by atoms with van der Waals surface area (Å²) in [5, 5.41) is 3.60. The summed E-state index contributed by atoms with van der Waals surface area (Å²) in [6, 6.07) is 9.67. The minimum Gasteiger partial charge on any atom is -0.374 e. The van der Waals surface area contributed by atoms with E-state index in [1.807, 2.05) is 0 Å². The Hall–Kier alpha value is -0.420. The minimum atomic E-state index is 0.244. The van der Waals surface area contributed by atoms with Gasteiger partial charge in [-0.15, -0.1) is 0 Å². The van der Waals surface area contributed by atoms with Gasteiger partial charge in [0.1, 0.15) is 0 Å². The second-order valence-electron chi connectivity index (χ2n) is 5.57. The Morgan fingerprint density at radius 3 is 3.00 bits per heavy atom. The summed E-state index contributed by atoms with van der Waals surface area (Å²) in [5.74, 6) is 0. The molecule has 0 amide bonds. The Morgan fingerprint density at radius 1 is 1.42 bits per heavy atom. The molecular formula is C15H21BrN2O. The zero-order valence-electron chi connectivity index (χ0n) is 11.3. The molecule has 1 saturated carbocycles. The van der Waals surface area contributed by atoms with Crippen LogP contribution in [0.3, 0.4) is 0 Å². The van der Waals surface area contributed by atoms with Gasteiger partial charge in [0, 0.05) is 23.6 Å². The first-order valence-electron chi connectivity index (χ1n) is 7.05. The SMILES string of the molecule is CN1CCOC(CNC2CC2)C1c1cccc(Br)c1. The van der Waals surface area contributed by atoms with Gasteiger partial charge in [0.2, 0.25) is 0 Å². The van der Waals surface area contributed by atoms with Crippen molar-refractivity contribution in [3.63, 3.8) is 0 Å². The van der Waals surface area contributed by atoms with Crippen molar-refractivity contribution in [2.45, 2.75) is 31.0 Å². The molecule has 1 aromatic rings. The third kappa shape index (κ3) is 3.37. The molecule has 1 aliphatic heterocycles. The topological polar surface area (TPSA) is 24.5 Å². The lowest BCUT2D eigenvalue weighted by atomic mass is 9.98. The standard InChI is InChI=1S/C15H21BrN2O/c1-18-7-8-19-14(10-17-13-5-6-13)15(18)11-3-2-4-12(16)9-11/h2-4,9,13-15,17H,5-8,10H2,1H3. The predicted octanol–water partition coefficient (Wildman–Crippen LogP) is 2.57. The predicted molar refractivity (Wildman–Crippen MR) is 80.3 cm³/mol. The van der Waals surface area contributed by atoms with Crippen molar-refractivity contribution < 1.29 is 4.74 Å². The first kappa shape index (κ1) is 13.6. The minimum absolute atomic E-state index is 0.244. The zero-order chi connectivity index (χ0) is 13.2. The summed E-state index contributed by atoms with van der Waals surface area (Å²) in [7, 11) is 2.19. The van der Waals surface area contributed by atoms with Crippen LogP contribution in [0.5, 0.6) is 0 Å². The quantitative estimate of drug-likeness (QED) is 0.921. The molecule has 3 nitrogen and oxygen atoms in total. The number of benzene rings is 1. The molecule has 3 rings (SSSR count). The van der Waals surface area contributed by atoms with Crippen LogP contribution in [0.2, 0.25) is 0 Å². The van der Waals surface area contributed by atoms with E-state index in [9.17, 15) is 0 Å². The molecular weight excluding hydrogens is 304 g/mol. The van der Waals surface area contributed by atoms with Gasteiger partial charge < -0.3 is 10.1 Å². The molecule has 2 fully saturated rings. The van der Waals surface area contributed by atoms with E-state index in [-0.39, 0.29) is 6.10 Å². The van der Waals surface area contributed by atoms with Gasteiger partial charge >= 0.3 is 0 Å². The molecule has 0 radical (unpaired) electrons. The highest BCUT2D eigenvalue weighted by Crippen LogP contribution is 2.30. The largest absolute Gasteiger partial charge is 0.374 e. The van der Waals surface area contributed by atoms with Crippen molar-refractivity contribution in [1.82, 2.24) is 10.2 Å². The summed E-state index contributed by atoms with van der Waals surface area (Å²) in [6.07, 6.45) is 2.89. The molecule has 19 heavy (non-hydrogen) atoms. The fourth-order valence-corrected chi connectivity index (χ4v) is 3.18. The summed E-state index contributed by atoms with van der Waals surface area (Å²) in [5.41, 5.74) is 1.33. The van der Waals surface area contributed by atoms with Crippen LogP contribution in [-0.2, 0) is 4.74 Å². The van der Waals surface area contributed by atoms with Gasteiger partial charge in [0.05, 0.1) is 18.8 Å². The summed E-state index contributed by atoms with van der Waals surface area (Å²) in [6.45, 7) is 2.78. The monoisotopic (exact) mass is 324 g/mol. The Bertz CT molecular complexity index is 436. The van der Waals surface area contributed by atoms with E-state index in [4.69, 9.17) is 4.74 Å². The van der Waals surface area contributed by atoms with Crippen LogP contribution in [-0.4, -0.2) is 43.8 Å². The van der Waals surface area contributed by atoms with Crippen LogP contribution < -0.4 is 5.32 Å². The Labute approximate surface area is 123 Å². The molecule has 2 atom stereocenters. The number of hydrogen-bond donors (Lipinski definition) is 1. The molecule has 1 saturated heterocycles. The second kappa shape index (κ2) is 5.92. The van der Waals surface area contributed by atoms with Crippen molar-refractivity contribution in [1.29, 1.82) is 0 Å². The Balaban J connectivity index is 1.75. The van der Waals surface area contributed by atoms with E-state index in [0.29, 0.717) is 6.04 Å². The van der Waals surface area contributed by atoms with Gasteiger partial charge in [0.25, 0.3) is 0 Å². The normalized spacial score (nSPS) is 28.5. The first-order chi connectivity index (χ1) is 9.24. The van der Waals surface area contributed by atoms with Crippen molar-refractivity contribution in [3.8, 4) is 0 Å². The number of hydrogen-bond acceptors (Lipinski definition) is 3. The number of rotatable bonds is 4. The highest BCUT2D eigenvalue weighted by Gasteiger charge is 2.32. The van der Waals surface area contributed by atoms with Gasteiger partial charge in [-0.25, -0.2) is 0 Å². The van der Waals surface area contributed by atoms with E-state index in [2.05, 4.69) is 57.5 Å². The van der Waals surface area contributed by atoms with E-state index in [1.54, 1.807) is 0 Å². The number of nitrogens with one attached hydrogen (secondary N) is 1. The molecule has 1 heterocycles. The van der Waals surface area contributed by atoms with Gasteiger partial charge in [-0.1, -0.05) is 28.1 Å². The second-order valence-corrected chi connectivity index (χ2v) is 6.49. The molecule has 0 spiro atoms. The van der Waals surface area contributed by atoms with Crippen LogP contribution >= 0.6 is 15.9 Å². The molecule has 1 N–H and O–H groups in total. The van der Waals surface area contributed by atoms with Crippen LogP contribution in [0.1, 0.15) is 24.4 Å². The Morgan fingerprint density at radius 2 is 2.26 bits per heavy atom. The molecule has 2 aliphatic rings. The Kier molecular flexibility index (Phi) is 4.22. The molecule has 1 aliphatic carbocycles. The highest BCUT2D eigenvalue weighted by molar-refractivity contribution is 9.10. The molecule has 4 heteroatoms. The van der Waals surface area contributed by atoms with Crippen LogP contribution in [0.15, 0.2) is 28.7 Å². The van der Waals surface area contributed by atoms with Crippen LogP contribution in [0.4, 0.5) is 0 Å². The third-order valence-electron chi connectivity index (χ3n) is 3.98. The van der Waals surface area contributed by atoms with Gasteiger partial charge in [-0.05, 0) is 37.6 Å². The third-order valence-corrected chi connectivity index (χ3v) is 4.47. The fraction of sp³-hybridized carbons (Fsp3) is 0.600. The van der Waals surface area contributed by atoms with Crippen LogP contribution in [0.25, 0.3) is 0 Å². The van der Waals surface area contributed by atoms with E-state index in [0.717, 1.165) is 30.2 Å². The lowest BCUT2D eigenvalue weighted by Crippen LogP contribution is -2.47. The summed E-state index contributed by atoms with van der Waals surface area (Å²) >= 11 is 3.57. The number of likely N-dealkylation sites (N-methyl/N-ethyl adjacent to an activating group) is 1. The van der Waals surface area contributed by atoms with Crippen molar-refractivity contribution in [2.75, 3.05) is 26.7 Å².